The Morgan fingerprint density at radius 2 is 1.64 bits per heavy atom. The van der Waals surface area contributed by atoms with Crippen molar-refractivity contribution in [3.63, 3.8) is 0 Å². The maximum Gasteiger partial charge on any atom is 0.241 e. The molecular weight excluding hydrogens is 338 g/mol. The Hall–Kier alpha value is -2.22. The Balaban J connectivity index is 1.99. The summed E-state index contributed by atoms with van der Waals surface area (Å²) in [6, 6.07) is 13.3. The van der Waals surface area contributed by atoms with E-state index in [0.717, 1.165) is 11.1 Å². The van der Waals surface area contributed by atoms with Crippen LogP contribution in [-0.2, 0) is 14.8 Å². The minimum Gasteiger partial charge on any atom is -0.325 e. The molecule has 134 valence electrons. The highest BCUT2D eigenvalue weighted by atomic mass is 32.2. The van der Waals surface area contributed by atoms with Crippen molar-refractivity contribution in [3.8, 4) is 0 Å². The first-order valence-corrected chi connectivity index (χ1v) is 9.48. The van der Waals surface area contributed by atoms with Gasteiger partial charge in [0.1, 0.15) is 0 Å². The number of amides is 1. The third kappa shape index (κ3) is 5.12. The number of aryl methyl sites for hydroxylation is 1. The summed E-state index contributed by atoms with van der Waals surface area (Å²) in [5, 5.41) is 11.1. The van der Waals surface area contributed by atoms with Gasteiger partial charge in [0.25, 0.3) is 0 Å². The second-order valence-corrected chi connectivity index (χ2v) is 7.59. The van der Waals surface area contributed by atoms with Gasteiger partial charge in [0.2, 0.25) is 15.9 Å². The maximum absolute atomic E-state index is 12.3. The first-order chi connectivity index (χ1) is 11.7. The van der Waals surface area contributed by atoms with Crippen LogP contribution in [0.4, 0.5) is 5.69 Å². The van der Waals surface area contributed by atoms with E-state index in [-0.39, 0.29) is 16.8 Å². The lowest BCUT2D eigenvalue weighted by Crippen LogP contribution is -2.39. The van der Waals surface area contributed by atoms with Crippen LogP contribution in [0.1, 0.15) is 31.0 Å². The van der Waals surface area contributed by atoms with Crippen molar-refractivity contribution in [1.29, 1.82) is 0 Å². The van der Waals surface area contributed by atoms with Gasteiger partial charge in [-0.1, -0.05) is 24.3 Å². The molecule has 1 amide bonds. The van der Waals surface area contributed by atoms with Crippen molar-refractivity contribution in [2.45, 2.75) is 37.8 Å². The van der Waals surface area contributed by atoms with Gasteiger partial charge in [0.15, 0.2) is 0 Å². The van der Waals surface area contributed by atoms with E-state index in [1.54, 1.807) is 6.92 Å². The van der Waals surface area contributed by atoms with Crippen LogP contribution in [0.2, 0.25) is 0 Å². The molecule has 0 fully saturated rings. The predicted molar refractivity (Wildman–Crippen MR) is 98.6 cm³/mol. The molecule has 0 aliphatic heterocycles. The molecule has 0 saturated carbocycles. The van der Waals surface area contributed by atoms with E-state index in [0.29, 0.717) is 5.69 Å². The van der Waals surface area contributed by atoms with E-state index in [1.165, 1.54) is 24.3 Å². The first-order valence-electron chi connectivity index (χ1n) is 7.94. The predicted octanol–water partition coefficient (Wildman–Crippen LogP) is 2.32. The number of rotatable bonds is 6. The van der Waals surface area contributed by atoms with E-state index in [1.807, 2.05) is 38.1 Å². The van der Waals surface area contributed by atoms with Crippen LogP contribution in [0.5, 0.6) is 0 Å². The number of nitrogens with two attached hydrogens (primary N) is 1. The molecule has 4 N–H and O–H groups in total. The van der Waals surface area contributed by atoms with Crippen LogP contribution < -0.4 is 15.8 Å². The molecule has 2 aromatic carbocycles. The van der Waals surface area contributed by atoms with Gasteiger partial charge >= 0.3 is 0 Å². The summed E-state index contributed by atoms with van der Waals surface area (Å²) in [6.45, 7) is 5.82. The monoisotopic (exact) mass is 361 g/mol. The van der Waals surface area contributed by atoms with Crippen molar-refractivity contribution < 1.29 is 13.2 Å². The van der Waals surface area contributed by atoms with Crippen LogP contribution in [0, 0.1) is 6.92 Å². The topological polar surface area (TPSA) is 101 Å². The van der Waals surface area contributed by atoms with Crippen molar-refractivity contribution in [2.75, 3.05) is 5.32 Å². The summed E-state index contributed by atoms with van der Waals surface area (Å²) < 4.78 is 22.5. The van der Waals surface area contributed by atoms with Crippen LogP contribution in [0.3, 0.4) is 0 Å². The number of carbonyl (C=O) groups excluding carboxylic acids is 1. The zero-order valence-electron chi connectivity index (χ0n) is 14.5. The van der Waals surface area contributed by atoms with Crippen LogP contribution >= 0.6 is 0 Å². The molecule has 0 aromatic heterocycles. The number of sulfonamides is 1. The van der Waals surface area contributed by atoms with Crippen molar-refractivity contribution in [2.24, 2.45) is 5.14 Å². The number of carbonyl (C=O) groups is 1. The van der Waals surface area contributed by atoms with E-state index < -0.39 is 16.1 Å². The fraction of sp³-hybridized carbons (Fsp3) is 0.278. The summed E-state index contributed by atoms with van der Waals surface area (Å²) in [4.78, 5) is 12.3. The number of anilines is 1. The number of nitrogens with one attached hydrogen (secondary N) is 2. The van der Waals surface area contributed by atoms with Crippen LogP contribution in [-0.4, -0.2) is 20.4 Å². The average Bonchev–Trinajstić information content (AvgIpc) is 2.54. The highest BCUT2D eigenvalue weighted by molar-refractivity contribution is 7.89. The Morgan fingerprint density at radius 3 is 2.20 bits per heavy atom. The molecule has 0 aliphatic carbocycles. The molecule has 0 aliphatic rings. The van der Waals surface area contributed by atoms with Crippen LogP contribution in [0.15, 0.2) is 53.4 Å². The zero-order valence-corrected chi connectivity index (χ0v) is 15.3. The lowest BCUT2D eigenvalue weighted by molar-refractivity contribution is -0.117. The molecule has 0 spiro atoms. The first kappa shape index (κ1) is 19.1. The van der Waals surface area contributed by atoms with Crippen molar-refractivity contribution in [1.82, 2.24) is 5.32 Å². The summed E-state index contributed by atoms with van der Waals surface area (Å²) in [6.07, 6.45) is 0. The molecule has 0 radical (unpaired) electrons. The maximum atomic E-state index is 12.3. The van der Waals surface area contributed by atoms with Gasteiger partial charge in [-0.2, -0.15) is 0 Å². The second kappa shape index (κ2) is 7.77. The van der Waals surface area contributed by atoms with Gasteiger partial charge in [-0.25, -0.2) is 13.6 Å². The second-order valence-electron chi connectivity index (χ2n) is 6.03. The third-order valence-corrected chi connectivity index (χ3v) is 4.93. The van der Waals surface area contributed by atoms with E-state index >= 15 is 0 Å². The molecule has 0 saturated heterocycles. The van der Waals surface area contributed by atoms with Gasteiger partial charge in [-0.3, -0.25) is 10.1 Å². The number of primary sulfonamides is 1. The normalized spacial score (nSPS) is 13.9. The lowest BCUT2D eigenvalue weighted by atomic mass is 10.0. The molecule has 7 heteroatoms. The fourth-order valence-corrected chi connectivity index (χ4v) is 3.11. The molecule has 25 heavy (non-hydrogen) atoms. The van der Waals surface area contributed by atoms with E-state index in [9.17, 15) is 13.2 Å². The Kier molecular flexibility index (Phi) is 5.94. The largest absolute Gasteiger partial charge is 0.325 e. The minimum atomic E-state index is -3.74. The molecule has 2 atom stereocenters. The Morgan fingerprint density at radius 1 is 1.04 bits per heavy atom. The quantitative estimate of drug-likeness (QED) is 0.735. The molecule has 0 heterocycles. The van der Waals surface area contributed by atoms with Gasteiger partial charge in [0, 0.05) is 11.7 Å². The molecule has 6 nitrogen and oxygen atoms in total. The zero-order chi connectivity index (χ0) is 18.6. The molecular formula is C18H23N3O3S. The standard InChI is InChI=1S/C18H23N3O3S/c1-12-6-4-5-7-17(12)13(2)20-14(3)18(22)21-15-8-10-16(11-9-15)25(19,23)24/h4-11,13-14,20H,1-3H3,(H,21,22)(H2,19,23,24)/t13-,14+/m0/s1. The highest BCUT2D eigenvalue weighted by Gasteiger charge is 2.17. The molecule has 2 aromatic rings. The summed E-state index contributed by atoms with van der Waals surface area (Å²) in [7, 11) is -3.74. The Bertz CT molecular complexity index is 848. The molecule has 2 rings (SSSR count). The number of hydrogen-bond acceptors (Lipinski definition) is 4. The number of hydrogen-bond donors (Lipinski definition) is 3. The molecule has 0 bridgehead atoms. The lowest BCUT2D eigenvalue weighted by Gasteiger charge is -2.21. The fourth-order valence-electron chi connectivity index (χ4n) is 2.59. The highest BCUT2D eigenvalue weighted by Crippen LogP contribution is 2.18. The minimum absolute atomic E-state index is 0.00449. The van der Waals surface area contributed by atoms with E-state index in [4.69, 9.17) is 5.14 Å². The Labute approximate surface area is 148 Å². The smallest absolute Gasteiger partial charge is 0.241 e. The van der Waals surface area contributed by atoms with Crippen molar-refractivity contribution >= 4 is 21.6 Å². The van der Waals surface area contributed by atoms with Crippen LogP contribution in [0.25, 0.3) is 0 Å². The van der Waals surface area contributed by atoms with Gasteiger partial charge in [0.05, 0.1) is 10.9 Å². The van der Waals surface area contributed by atoms with Crippen molar-refractivity contribution in [3.05, 3.63) is 59.7 Å². The van der Waals surface area contributed by atoms with E-state index in [2.05, 4.69) is 10.6 Å². The van der Waals surface area contributed by atoms with Gasteiger partial charge in [-0.15, -0.1) is 0 Å². The summed E-state index contributed by atoms with van der Waals surface area (Å²) in [5.41, 5.74) is 2.81. The third-order valence-electron chi connectivity index (χ3n) is 4.00. The average molecular weight is 361 g/mol. The summed E-state index contributed by atoms with van der Waals surface area (Å²) >= 11 is 0. The van der Waals surface area contributed by atoms with Gasteiger partial charge in [-0.05, 0) is 56.2 Å². The summed E-state index contributed by atoms with van der Waals surface area (Å²) in [5.74, 6) is -0.205. The van der Waals surface area contributed by atoms with Gasteiger partial charge < -0.3 is 5.32 Å². The molecule has 0 unspecified atom stereocenters. The number of benzene rings is 2. The SMILES string of the molecule is Cc1ccccc1[C@H](C)N[C@H](C)C(=O)Nc1ccc(S(N)(=O)=O)cc1.